The number of hydrogen-bond acceptors (Lipinski definition) is 6. The van der Waals surface area contributed by atoms with Gasteiger partial charge in [0.25, 0.3) is 5.78 Å². The number of aryl methyl sites for hydroxylation is 3. The normalized spacial score (nSPS) is 15.2. The van der Waals surface area contributed by atoms with Crippen LogP contribution in [0.3, 0.4) is 0 Å². The number of aromatic nitrogens is 6. The lowest BCUT2D eigenvalue weighted by Gasteiger charge is -2.10. The molecule has 0 unspecified atom stereocenters. The Kier molecular flexibility index (Phi) is 2.58. The zero-order valence-corrected chi connectivity index (χ0v) is 14.0. The fourth-order valence-corrected chi connectivity index (χ4v) is 5.28. The summed E-state index contributed by atoms with van der Waals surface area (Å²) in [5.74, 6) is 1.53. The van der Waals surface area contributed by atoms with Gasteiger partial charge in [-0.2, -0.15) is 4.52 Å². The predicted molar refractivity (Wildman–Crippen MR) is 88.1 cm³/mol. The van der Waals surface area contributed by atoms with Crippen LogP contribution in [-0.2, 0) is 12.8 Å². The molecule has 0 fully saturated rings. The van der Waals surface area contributed by atoms with E-state index in [1.165, 1.54) is 39.9 Å². The number of thioether (sulfide) groups is 1. The van der Waals surface area contributed by atoms with E-state index in [1.54, 1.807) is 11.8 Å². The lowest BCUT2D eigenvalue weighted by Crippen LogP contribution is -2.01. The molecule has 0 aliphatic heterocycles. The van der Waals surface area contributed by atoms with Crippen molar-refractivity contribution in [3.05, 3.63) is 16.3 Å². The third-order valence-electron chi connectivity index (χ3n) is 4.28. The van der Waals surface area contributed by atoms with Crippen molar-refractivity contribution in [3.63, 3.8) is 0 Å². The molecule has 5 rings (SSSR count). The second-order valence-corrected chi connectivity index (χ2v) is 7.46. The van der Waals surface area contributed by atoms with E-state index in [0.717, 1.165) is 28.8 Å². The maximum Gasteiger partial charge on any atom is 0.260 e. The van der Waals surface area contributed by atoms with Crippen molar-refractivity contribution in [3.8, 4) is 0 Å². The van der Waals surface area contributed by atoms with Crippen LogP contribution < -0.4 is 0 Å². The first-order chi connectivity index (χ1) is 10.8. The highest BCUT2D eigenvalue weighted by molar-refractivity contribution is 7.98. The Morgan fingerprint density at radius 3 is 2.91 bits per heavy atom. The minimum atomic E-state index is 0.756. The zero-order valence-electron chi connectivity index (χ0n) is 12.3. The lowest BCUT2D eigenvalue weighted by atomic mass is 9.97. The largest absolute Gasteiger partial charge is 0.260 e. The molecule has 1 aliphatic rings. The van der Waals surface area contributed by atoms with Gasteiger partial charge in [-0.1, -0.05) is 11.8 Å². The summed E-state index contributed by atoms with van der Waals surface area (Å²) < 4.78 is 4.00. The summed E-state index contributed by atoms with van der Waals surface area (Å²) in [6.07, 6.45) is 6.88. The second kappa shape index (κ2) is 4.42. The molecule has 4 aromatic rings. The molecular weight excluding hydrogens is 316 g/mol. The SMILES string of the molecule is CSc1nnc2n3nc(C)nc3c3c4c(sc3n12)CCCC4. The Hall–Kier alpha value is -1.67. The van der Waals surface area contributed by atoms with Gasteiger partial charge in [-0.25, -0.2) is 9.38 Å². The molecule has 4 heterocycles. The number of rotatable bonds is 1. The summed E-state index contributed by atoms with van der Waals surface area (Å²) in [7, 11) is 0. The van der Waals surface area contributed by atoms with Crippen LogP contribution in [0.15, 0.2) is 5.16 Å². The van der Waals surface area contributed by atoms with Gasteiger partial charge in [-0.15, -0.1) is 26.6 Å². The Morgan fingerprint density at radius 1 is 1.18 bits per heavy atom. The van der Waals surface area contributed by atoms with Crippen molar-refractivity contribution in [2.24, 2.45) is 0 Å². The third kappa shape index (κ3) is 1.51. The fraction of sp³-hybridized carbons (Fsp3) is 0.429. The molecule has 0 amide bonds. The number of fused-ring (bicyclic) bond motifs is 8. The molecule has 0 atom stereocenters. The van der Waals surface area contributed by atoms with Gasteiger partial charge in [-0.3, -0.25) is 0 Å². The maximum absolute atomic E-state index is 4.68. The Bertz CT molecular complexity index is 1040. The van der Waals surface area contributed by atoms with Gasteiger partial charge in [0.2, 0.25) is 0 Å². The van der Waals surface area contributed by atoms with E-state index in [2.05, 4.69) is 24.7 Å². The monoisotopic (exact) mass is 330 g/mol. The van der Waals surface area contributed by atoms with Crippen molar-refractivity contribution in [1.82, 2.24) is 29.2 Å². The molecule has 1 aliphatic carbocycles. The van der Waals surface area contributed by atoms with E-state index < -0.39 is 0 Å². The first-order valence-electron chi connectivity index (χ1n) is 7.36. The van der Waals surface area contributed by atoms with E-state index in [1.807, 2.05) is 29.0 Å². The highest BCUT2D eigenvalue weighted by Crippen LogP contribution is 2.39. The van der Waals surface area contributed by atoms with Crippen LogP contribution in [0.2, 0.25) is 0 Å². The first-order valence-corrected chi connectivity index (χ1v) is 9.41. The van der Waals surface area contributed by atoms with Crippen molar-refractivity contribution in [2.75, 3.05) is 6.26 Å². The minimum Gasteiger partial charge on any atom is -0.244 e. The van der Waals surface area contributed by atoms with Crippen molar-refractivity contribution >= 4 is 44.7 Å². The van der Waals surface area contributed by atoms with Gasteiger partial charge in [0.1, 0.15) is 10.7 Å². The molecule has 8 heteroatoms. The molecule has 0 spiro atoms. The van der Waals surface area contributed by atoms with Crippen LogP contribution in [0.25, 0.3) is 21.6 Å². The quantitative estimate of drug-likeness (QED) is 0.502. The smallest absolute Gasteiger partial charge is 0.244 e. The summed E-state index contributed by atoms with van der Waals surface area (Å²) in [5.41, 5.74) is 2.39. The molecule has 0 N–H and O–H groups in total. The van der Waals surface area contributed by atoms with Crippen LogP contribution in [0.1, 0.15) is 29.1 Å². The summed E-state index contributed by atoms with van der Waals surface area (Å²) in [4.78, 5) is 7.39. The van der Waals surface area contributed by atoms with Gasteiger partial charge < -0.3 is 0 Å². The van der Waals surface area contributed by atoms with Crippen LogP contribution in [0.5, 0.6) is 0 Å². The van der Waals surface area contributed by atoms with Gasteiger partial charge in [0.05, 0.1) is 5.39 Å². The van der Waals surface area contributed by atoms with E-state index in [4.69, 9.17) is 0 Å². The van der Waals surface area contributed by atoms with Gasteiger partial charge in [0, 0.05) is 4.88 Å². The van der Waals surface area contributed by atoms with Gasteiger partial charge in [0.15, 0.2) is 10.8 Å². The average Bonchev–Trinajstić information content (AvgIpc) is 3.19. The lowest BCUT2D eigenvalue weighted by molar-refractivity contribution is 0.700. The molecule has 22 heavy (non-hydrogen) atoms. The molecule has 0 radical (unpaired) electrons. The van der Waals surface area contributed by atoms with Crippen molar-refractivity contribution in [1.29, 1.82) is 0 Å². The summed E-state index contributed by atoms with van der Waals surface area (Å²) >= 11 is 3.49. The number of thiophene rings is 1. The second-order valence-electron chi connectivity index (χ2n) is 5.61. The molecule has 112 valence electrons. The molecule has 0 bridgehead atoms. The van der Waals surface area contributed by atoms with E-state index in [0.29, 0.717) is 0 Å². The zero-order chi connectivity index (χ0) is 14.8. The topological polar surface area (TPSA) is 60.4 Å². The Morgan fingerprint density at radius 2 is 2.05 bits per heavy atom. The Labute approximate surface area is 134 Å². The molecular formula is C14H14N6S2. The fourth-order valence-electron chi connectivity index (χ4n) is 3.37. The first kappa shape index (κ1) is 12.8. The van der Waals surface area contributed by atoms with Crippen LogP contribution in [-0.4, -0.2) is 35.5 Å². The van der Waals surface area contributed by atoms with E-state index >= 15 is 0 Å². The average molecular weight is 330 g/mol. The highest BCUT2D eigenvalue weighted by atomic mass is 32.2. The third-order valence-corrected chi connectivity index (χ3v) is 6.19. The molecule has 4 aromatic heterocycles. The van der Waals surface area contributed by atoms with Crippen LogP contribution >= 0.6 is 23.1 Å². The highest BCUT2D eigenvalue weighted by Gasteiger charge is 2.24. The Balaban J connectivity index is 2.10. The van der Waals surface area contributed by atoms with Crippen LogP contribution in [0, 0.1) is 6.92 Å². The van der Waals surface area contributed by atoms with Gasteiger partial charge in [-0.05, 0) is 44.4 Å². The van der Waals surface area contributed by atoms with Crippen LogP contribution in [0.4, 0.5) is 0 Å². The predicted octanol–water partition coefficient (Wildman–Crippen LogP) is 2.90. The van der Waals surface area contributed by atoms with Crippen molar-refractivity contribution < 1.29 is 0 Å². The molecule has 0 saturated heterocycles. The summed E-state index contributed by atoms with van der Waals surface area (Å²) in [6.45, 7) is 1.93. The molecule has 0 aromatic carbocycles. The number of nitrogens with zero attached hydrogens (tertiary/aromatic N) is 6. The number of hydrogen-bond donors (Lipinski definition) is 0. The minimum absolute atomic E-state index is 0.756. The van der Waals surface area contributed by atoms with E-state index in [9.17, 15) is 0 Å². The summed E-state index contributed by atoms with van der Waals surface area (Å²) in [6, 6.07) is 0. The summed E-state index contributed by atoms with van der Waals surface area (Å²) in [5, 5.41) is 15.4. The van der Waals surface area contributed by atoms with E-state index in [-0.39, 0.29) is 0 Å². The molecule has 6 nitrogen and oxygen atoms in total. The molecule has 0 saturated carbocycles. The maximum atomic E-state index is 4.68. The standard InChI is InChI=1S/C14H14N6S2/c1-7-15-11-10-8-5-3-4-6-9(8)22-12(10)19-13(20(11)18-7)16-17-14(19)21-2/h3-6H2,1-2H3. The van der Waals surface area contributed by atoms with Crippen molar-refractivity contribution in [2.45, 2.75) is 37.8 Å². The van der Waals surface area contributed by atoms with Gasteiger partial charge >= 0.3 is 0 Å².